The first-order valence-electron chi connectivity index (χ1n) is 6.09. The molecule has 5 heteroatoms. The first-order valence-corrected chi connectivity index (χ1v) is 7.33. The number of carbonyl (C=O) groups excluding carboxylic acids is 1. The van der Waals surface area contributed by atoms with Crippen LogP contribution in [0.2, 0.25) is 0 Å². The van der Waals surface area contributed by atoms with Gasteiger partial charge in [0, 0.05) is 21.6 Å². The number of thiol groups is 1. The van der Waals surface area contributed by atoms with E-state index in [9.17, 15) is 9.18 Å². The maximum Gasteiger partial charge on any atom is 0.259 e. The van der Waals surface area contributed by atoms with E-state index in [0.29, 0.717) is 27.2 Å². The molecule has 0 aromatic heterocycles. The van der Waals surface area contributed by atoms with Gasteiger partial charge >= 0.3 is 0 Å². The summed E-state index contributed by atoms with van der Waals surface area (Å²) in [5, 5.41) is 0. The number of benzene rings is 2. The molecule has 0 atom stereocenters. The summed E-state index contributed by atoms with van der Waals surface area (Å²) in [4.78, 5) is 14.8. The molecule has 0 N–H and O–H groups in total. The van der Waals surface area contributed by atoms with Crippen LogP contribution in [0, 0.1) is 5.82 Å². The molecule has 2 aromatic rings. The molecule has 2 nitrogen and oxygen atoms in total. The Hall–Kier alpha value is -1.33. The molecule has 2 aromatic carbocycles. The maximum absolute atomic E-state index is 13.3. The second-order valence-electron chi connectivity index (χ2n) is 4.19. The molecular formula is C15H13BrFNOS. The summed E-state index contributed by atoms with van der Waals surface area (Å²) in [5.41, 5.74) is 1.04. The van der Waals surface area contributed by atoms with Crippen LogP contribution < -0.4 is 4.90 Å². The second kappa shape index (κ2) is 6.41. The molecule has 0 bridgehead atoms. The van der Waals surface area contributed by atoms with Crippen molar-refractivity contribution in [2.75, 3.05) is 11.4 Å². The fourth-order valence-corrected chi connectivity index (χ4v) is 2.53. The Morgan fingerprint density at radius 2 is 2.05 bits per heavy atom. The molecule has 0 heterocycles. The molecule has 0 unspecified atom stereocenters. The highest BCUT2D eigenvalue weighted by atomic mass is 79.9. The summed E-state index contributed by atoms with van der Waals surface area (Å²) < 4.78 is 14.0. The van der Waals surface area contributed by atoms with Crippen LogP contribution in [0.25, 0.3) is 0 Å². The lowest BCUT2D eigenvalue weighted by Gasteiger charge is -2.22. The van der Waals surface area contributed by atoms with Gasteiger partial charge in [-0.25, -0.2) is 4.39 Å². The van der Waals surface area contributed by atoms with E-state index >= 15 is 0 Å². The van der Waals surface area contributed by atoms with Crippen molar-refractivity contribution in [3.05, 3.63) is 58.3 Å². The van der Waals surface area contributed by atoms with Gasteiger partial charge in [0.25, 0.3) is 5.91 Å². The third-order valence-electron chi connectivity index (χ3n) is 2.86. The number of amides is 1. The molecule has 0 spiro atoms. The Balaban J connectivity index is 2.41. The molecule has 0 aliphatic rings. The average Bonchev–Trinajstić information content (AvgIpc) is 2.42. The van der Waals surface area contributed by atoms with Crippen molar-refractivity contribution in [3.63, 3.8) is 0 Å². The van der Waals surface area contributed by atoms with Gasteiger partial charge in [-0.1, -0.05) is 6.07 Å². The molecule has 20 heavy (non-hydrogen) atoms. The third-order valence-corrected chi connectivity index (χ3v) is 3.83. The predicted octanol–water partition coefficient (Wildman–Crippen LogP) is 4.54. The quantitative estimate of drug-likeness (QED) is 0.803. The van der Waals surface area contributed by atoms with Gasteiger partial charge in [-0.3, -0.25) is 4.79 Å². The molecule has 2 rings (SSSR count). The van der Waals surface area contributed by atoms with Gasteiger partial charge in [-0.15, -0.1) is 12.6 Å². The molecule has 0 saturated heterocycles. The van der Waals surface area contributed by atoms with Gasteiger partial charge in [-0.05, 0) is 59.3 Å². The van der Waals surface area contributed by atoms with Crippen molar-refractivity contribution in [2.24, 2.45) is 0 Å². The standard InChI is InChI=1S/C15H13BrFNOS/c1-2-18(11-5-3-4-10(17)8-11)15(19)13-9-12(20)6-7-14(13)16/h3-9,20H,2H2,1H3. The smallest absolute Gasteiger partial charge is 0.259 e. The van der Waals surface area contributed by atoms with Gasteiger partial charge in [0.15, 0.2) is 0 Å². The normalized spacial score (nSPS) is 10.4. The highest BCUT2D eigenvalue weighted by Crippen LogP contribution is 2.24. The predicted molar refractivity (Wildman–Crippen MR) is 85.1 cm³/mol. The number of hydrogen-bond acceptors (Lipinski definition) is 2. The summed E-state index contributed by atoms with van der Waals surface area (Å²) in [5.74, 6) is -0.559. The van der Waals surface area contributed by atoms with E-state index in [1.54, 1.807) is 30.3 Å². The molecule has 0 aliphatic heterocycles. The second-order valence-corrected chi connectivity index (χ2v) is 5.56. The maximum atomic E-state index is 13.3. The average molecular weight is 354 g/mol. The number of nitrogens with zero attached hydrogens (tertiary/aromatic N) is 1. The first-order chi connectivity index (χ1) is 9.52. The van der Waals surface area contributed by atoms with Crippen LogP contribution in [0.3, 0.4) is 0 Å². The Kier molecular flexibility index (Phi) is 4.83. The minimum Gasteiger partial charge on any atom is -0.309 e. The lowest BCUT2D eigenvalue weighted by atomic mass is 10.1. The molecular weight excluding hydrogens is 341 g/mol. The topological polar surface area (TPSA) is 20.3 Å². The Labute approximate surface area is 131 Å². The number of hydrogen-bond donors (Lipinski definition) is 1. The van der Waals surface area contributed by atoms with E-state index in [1.165, 1.54) is 17.0 Å². The molecule has 0 radical (unpaired) electrons. The molecule has 0 fully saturated rings. The molecule has 104 valence electrons. The number of anilines is 1. The third kappa shape index (κ3) is 3.22. The molecule has 0 aliphatic carbocycles. The Morgan fingerprint density at radius 1 is 1.30 bits per heavy atom. The summed E-state index contributed by atoms with van der Waals surface area (Å²) in [6, 6.07) is 11.3. The SMILES string of the molecule is CCN(C(=O)c1cc(S)ccc1Br)c1cccc(F)c1. The van der Waals surface area contributed by atoms with Crippen molar-refractivity contribution < 1.29 is 9.18 Å². The van der Waals surface area contributed by atoms with Crippen molar-refractivity contribution >= 4 is 40.2 Å². The van der Waals surface area contributed by atoms with E-state index in [-0.39, 0.29) is 11.7 Å². The lowest BCUT2D eigenvalue weighted by Crippen LogP contribution is -2.31. The molecule has 0 saturated carbocycles. The van der Waals surface area contributed by atoms with E-state index in [2.05, 4.69) is 28.6 Å². The fraction of sp³-hybridized carbons (Fsp3) is 0.133. The zero-order valence-electron chi connectivity index (χ0n) is 10.8. The summed E-state index contributed by atoms with van der Waals surface area (Å²) in [6.45, 7) is 2.30. The van der Waals surface area contributed by atoms with Crippen LogP contribution in [-0.4, -0.2) is 12.5 Å². The zero-order valence-corrected chi connectivity index (χ0v) is 13.3. The molecule has 1 amide bonds. The summed E-state index contributed by atoms with van der Waals surface area (Å²) in [7, 11) is 0. The van der Waals surface area contributed by atoms with Crippen LogP contribution in [-0.2, 0) is 0 Å². The van der Waals surface area contributed by atoms with Gasteiger partial charge < -0.3 is 4.90 Å². The minimum absolute atomic E-state index is 0.194. The van der Waals surface area contributed by atoms with Gasteiger partial charge in [0.1, 0.15) is 5.82 Å². The Bertz CT molecular complexity index is 648. The van der Waals surface area contributed by atoms with Crippen LogP contribution in [0.1, 0.15) is 17.3 Å². The van der Waals surface area contributed by atoms with Gasteiger partial charge in [-0.2, -0.15) is 0 Å². The highest BCUT2D eigenvalue weighted by molar-refractivity contribution is 9.10. The van der Waals surface area contributed by atoms with Crippen LogP contribution in [0.4, 0.5) is 10.1 Å². The zero-order chi connectivity index (χ0) is 14.7. The van der Waals surface area contributed by atoms with Crippen LogP contribution in [0.5, 0.6) is 0 Å². The first kappa shape index (κ1) is 15.1. The van der Waals surface area contributed by atoms with Gasteiger partial charge in [0.2, 0.25) is 0 Å². The van der Waals surface area contributed by atoms with Crippen LogP contribution >= 0.6 is 28.6 Å². The number of carbonyl (C=O) groups is 1. The van der Waals surface area contributed by atoms with Crippen molar-refractivity contribution in [3.8, 4) is 0 Å². The van der Waals surface area contributed by atoms with E-state index in [4.69, 9.17) is 0 Å². The highest BCUT2D eigenvalue weighted by Gasteiger charge is 2.19. The fourth-order valence-electron chi connectivity index (χ4n) is 1.91. The van der Waals surface area contributed by atoms with E-state index in [0.717, 1.165) is 0 Å². The van der Waals surface area contributed by atoms with Crippen LogP contribution in [0.15, 0.2) is 51.8 Å². The monoisotopic (exact) mass is 353 g/mol. The summed E-state index contributed by atoms with van der Waals surface area (Å²) >= 11 is 7.61. The van der Waals surface area contributed by atoms with E-state index in [1.807, 2.05) is 6.92 Å². The number of rotatable bonds is 3. The van der Waals surface area contributed by atoms with Gasteiger partial charge in [0.05, 0.1) is 5.56 Å². The van der Waals surface area contributed by atoms with E-state index < -0.39 is 0 Å². The van der Waals surface area contributed by atoms with Crippen molar-refractivity contribution in [2.45, 2.75) is 11.8 Å². The lowest BCUT2D eigenvalue weighted by molar-refractivity contribution is 0.0987. The minimum atomic E-state index is -0.365. The van der Waals surface area contributed by atoms with Crippen molar-refractivity contribution in [1.29, 1.82) is 0 Å². The summed E-state index contributed by atoms with van der Waals surface area (Å²) in [6.07, 6.45) is 0. The van der Waals surface area contributed by atoms with Crippen molar-refractivity contribution in [1.82, 2.24) is 0 Å². The number of halogens is 2. The largest absolute Gasteiger partial charge is 0.309 e. The Morgan fingerprint density at radius 3 is 2.70 bits per heavy atom.